The van der Waals surface area contributed by atoms with Crippen molar-refractivity contribution in [3.63, 3.8) is 0 Å². The summed E-state index contributed by atoms with van der Waals surface area (Å²) in [5.41, 5.74) is 7.26. The molecule has 2 saturated heterocycles. The number of thiocarbonyl (C=S) groups is 1. The predicted molar refractivity (Wildman–Crippen MR) is 238 cm³/mol. The number of aromatic nitrogens is 4. The molecule has 0 unspecified atom stereocenters. The quantitative estimate of drug-likeness (QED) is 0.152. The molecule has 3 aliphatic heterocycles. The molecule has 8 rings (SSSR count). The highest BCUT2D eigenvalue weighted by atomic mass is 32.1. The molecular weight excluding hydrogens is 777 g/mol. The zero-order valence-corrected chi connectivity index (χ0v) is 35.6. The van der Waals surface area contributed by atoms with Crippen molar-refractivity contribution >= 4 is 46.6 Å². The lowest BCUT2D eigenvalue weighted by atomic mass is 10.1. The number of hydrogen-bond acceptors (Lipinski definition) is 12. The van der Waals surface area contributed by atoms with Crippen molar-refractivity contribution in [1.82, 2.24) is 29.7 Å². The Bertz CT molecular complexity index is 2230. The number of likely N-dealkylation sites (N-methyl/N-ethyl adjacent to an activating group) is 1. The van der Waals surface area contributed by atoms with E-state index in [-0.39, 0.29) is 5.91 Å². The minimum Gasteiger partial charge on any atom is -0.497 e. The fourth-order valence-electron chi connectivity index (χ4n) is 7.86. The standard InChI is InChI=1S/C45H52N10O4S/c1-5-51-18-20-52(21-19-51)42(56)34-10-15-39(31(2)26-34)48-45(60)55-17-16-38-40(49-44(50-41(38)55)53-22-24-59-25-23-53)35-27-46-43(47-28-35)54(29-32-6-11-36(57-3)12-7-32)30-33-8-13-37(58-4)14-9-33/h6-15,26-28H,5,16-25,29-30H2,1-4H3,(H,48,60). The molecule has 0 bridgehead atoms. The van der Waals surface area contributed by atoms with E-state index in [1.807, 2.05) is 71.6 Å². The Morgan fingerprint density at radius 3 is 2.05 bits per heavy atom. The van der Waals surface area contributed by atoms with Gasteiger partial charge in [-0.15, -0.1) is 0 Å². The summed E-state index contributed by atoms with van der Waals surface area (Å²) in [6.45, 7) is 12.8. The number of benzene rings is 3. The van der Waals surface area contributed by atoms with E-state index in [9.17, 15) is 4.79 Å². The highest BCUT2D eigenvalue weighted by Gasteiger charge is 2.31. The van der Waals surface area contributed by atoms with Crippen molar-refractivity contribution in [2.45, 2.75) is 33.4 Å². The molecule has 15 heteroatoms. The Kier molecular flexibility index (Phi) is 12.6. The molecule has 1 amide bonds. The smallest absolute Gasteiger partial charge is 0.253 e. The molecule has 5 aromatic rings. The van der Waals surface area contributed by atoms with Gasteiger partial charge >= 0.3 is 0 Å². The maximum absolute atomic E-state index is 13.4. The normalized spacial score (nSPS) is 15.4. The highest BCUT2D eigenvalue weighted by Crippen LogP contribution is 2.36. The SMILES string of the molecule is CCN1CCN(C(=O)c2ccc(NC(=S)N3CCc4c(-c5cnc(N(Cc6ccc(OC)cc6)Cc6ccc(OC)cc6)nc5)nc(N5CCOCC5)nc43)c(C)c2)CC1. The number of ether oxygens (including phenoxy) is 3. The van der Waals surface area contributed by atoms with Gasteiger partial charge in [0.15, 0.2) is 5.11 Å². The van der Waals surface area contributed by atoms with Gasteiger partial charge in [-0.1, -0.05) is 31.2 Å². The summed E-state index contributed by atoms with van der Waals surface area (Å²) in [6.07, 6.45) is 4.41. The third-order valence-corrected chi connectivity index (χ3v) is 11.8. The first-order chi connectivity index (χ1) is 29.3. The van der Waals surface area contributed by atoms with Crippen LogP contribution in [0.3, 0.4) is 0 Å². The minimum atomic E-state index is 0.0653. The van der Waals surface area contributed by atoms with Crippen molar-refractivity contribution in [1.29, 1.82) is 0 Å². The van der Waals surface area contributed by atoms with E-state index >= 15 is 0 Å². The zero-order valence-electron chi connectivity index (χ0n) is 34.8. The van der Waals surface area contributed by atoms with Gasteiger partial charge in [-0.3, -0.25) is 4.79 Å². The predicted octanol–water partition coefficient (Wildman–Crippen LogP) is 5.84. The van der Waals surface area contributed by atoms with Crippen molar-refractivity contribution < 1.29 is 19.0 Å². The van der Waals surface area contributed by atoms with Crippen LogP contribution in [0.5, 0.6) is 11.5 Å². The summed E-state index contributed by atoms with van der Waals surface area (Å²) in [5.74, 6) is 3.65. The second kappa shape index (κ2) is 18.6. The summed E-state index contributed by atoms with van der Waals surface area (Å²) in [4.78, 5) is 44.2. The number of nitrogens with zero attached hydrogens (tertiary/aromatic N) is 9. The van der Waals surface area contributed by atoms with Crippen molar-refractivity contribution in [3.05, 3.63) is 107 Å². The largest absolute Gasteiger partial charge is 0.497 e. The molecule has 60 heavy (non-hydrogen) atoms. The number of carbonyl (C=O) groups excluding carboxylic acids is 1. The van der Waals surface area contributed by atoms with E-state index in [4.69, 9.17) is 46.4 Å². The van der Waals surface area contributed by atoms with Crippen LogP contribution in [0.15, 0.2) is 79.1 Å². The van der Waals surface area contributed by atoms with Crippen LogP contribution in [-0.2, 0) is 24.2 Å². The van der Waals surface area contributed by atoms with Crippen LogP contribution in [-0.4, -0.2) is 121 Å². The number of carbonyl (C=O) groups is 1. The van der Waals surface area contributed by atoms with E-state index in [1.54, 1.807) is 14.2 Å². The summed E-state index contributed by atoms with van der Waals surface area (Å²) < 4.78 is 16.5. The minimum absolute atomic E-state index is 0.0653. The second-order valence-electron chi connectivity index (χ2n) is 15.2. The Morgan fingerprint density at radius 1 is 0.833 bits per heavy atom. The maximum Gasteiger partial charge on any atom is 0.253 e. The number of rotatable bonds is 12. The third kappa shape index (κ3) is 9.13. The van der Waals surface area contributed by atoms with Gasteiger partial charge in [-0.05, 0) is 91.3 Å². The molecule has 1 N–H and O–H groups in total. The van der Waals surface area contributed by atoms with E-state index in [1.165, 1.54) is 0 Å². The molecule has 2 aromatic heterocycles. The van der Waals surface area contributed by atoms with E-state index in [0.717, 1.165) is 89.2 Å². The maximum atomic E-state index is 13.4. The first-order valence-corrected chi connectivity index (χ1v) is 21.0. The number of aryl methyl sites for hydroxylation is 1. The van der Waals surface area contributed by atoms with Crippen molar-refractivity contribution in [2.24, 2.45) is 0 Å². The average Bonchev–Trinajstić information content (AvgIpc) is 3.74. The van der Waals surface area contributed by atoms with Crippen LogP contribution >= 0.6 is 12.2 Å². The van der Waals surface area contributed by atoms with E-state index in [0.29, 0.717) is 74.9 Å². The molecule has 14 nitrogen and oxygen atoms in total. The summed E-state index contributed by atoms with van der Waals surface area (Å²) >= 11 is 6.08. The molecule has 0 spiro atoms. The molecular formula is C45H52N10O4S. The number of amides is 1. The van der Waals surface area contributed by atoms with Crippen LogP contribution < -0.4 is 29.5 Å². The number of anilines is 4. The summed E-state index contributed by atoms with van der Waals surface area (Å²) in [6, 6.07) is 21.9. The number of nitrogens with one attached hydrogen (secondary N) is 1. The van der Waals surface area contributed by atoms with Crippen molar-refractivity contribution in [2.75, 3.05) is 99.8 Å². The molecule has 0 saturated carbocycles. The third-order valence-electron chi connectivity index (χ3n) is 11.4. The van der Waals surface area contributed by atoms with Gasteiger partial charge in [0.2, 0.25) is 11.9 Å². The van der Waals surface area contributed by atoms with Crippen molar-refractivity contribution in [3.8, 4) is 22.8 Å². The Labute approximate surface area is 357 Å². The molecule has 0 radical (unpaired) electrons. The van der Waals surface area contributed by atoms with Crippen LogP contribution in [0.4, 0.5) is 23.4 Å². The summed E-state index contributed by atoms with van der Waals surface area (Å²) in [7, 11) is 3.34. The Morgan fingerprint density at radius 2 is 1.47 bits per heavy atom. The first kappa shape index (κ1) is 40.9. The zero-order chi connectivity index (χ0) is 41.6. The Balaban J connectivity index is 1.05. The highest BCUT2D eigenvalue weighted by molar-refractivity contribution is 7.80. The van der Waals surface area contributed by atoms with Crippen LogP contribution in [0.25, 0.3) is 11.3 Å². The average molecular weight is 829 g/mol. The molecule has 0 atom stereocenters. The van der Waals surface area contributed by atoms with E-state index < -0.39 is 0 Å². The van der Waals surface area contributed by atoms with Crippen LogP contribution in [0.1, 0.15) is 39.5 Å². The van der Waals surface area contributed by atoms with Crippen LogP contribution in [0, 0.1) is 6.92 Å². The molecule has 3 aromatic carbocycles. The Hall–Kier alpha value is -5.90. The lowest BCUT2D eigenvalue weighted by Crippen LogP contribution is -2.48. The number of hydrogen-bond donors (Lipinski definition) is 1. The van der Waals surface area contributed by atoms with Gasteiger partial charge < -0.3 is 44.0 Å². The number of fused-ring (bicyclic) bond motifs is 1. The fourth-order valence-corrected chi connectivity index (χ4v) is 8.15. The van der Waals surface area contributed by atoms with Gasteiger partial charge in [0, 0.05) is 93.7 Å². The lowest BCUT2D eigenvalue weighted by molar-refractivity contribution is 0.0643. The molecule has 5 heterocycles. The van der Waals surface area contributed by atoms with Gasteiger partial charge in [0.05, 0.1) is 33.1 Å². The van der Waals surface area contributed by atoms with Gasteiger partial charge in [0.1, 0.15) is 17.3 Å². The van der Waals surface area contributed by atoms with Crippen LogP contribution in [0.2, 0.25) is 0 Å². The monoisotopic (exact) mass is 828 g/mol. The number of morpholine rings is 1. The molecule has 312 valence electrons. The van der Waals surface area contributed by atoms with Gasteiger partial charge in [0.25, 0.3) is 5.91 Å². The fraction of sp³-hybridized carbons (Fsp3) is 0.378. The molecule has 2 fully saturated rings. The molecule has 3 aliphatic rings. The van der Waals surface area contributed by atoms with Gasteiger partial charge in [-0.25, -0.2) is 15.0 Å². The second-order valence-corrected chi connectivity index (χ2v) is 15.6. The van der Waals surface area contributed by atoms with Gasteiger partial charge in [-0.2, -0.15) is 4.98 Å². The summed E-state index contributed by atoms with van der Waals surface area (Å²) in [5, 5.41) is 4.00. The number of methoxy groups -OCH3 is 2. The number of piperazine rings is 1. The topological polar surface area (TPSA) is 125 Å². The molecule has 0 aliphatic carbocycles. The lowest BCUT2D eigenvalue weighted by Gasteiger charge is -2.34. The first-order valence-electron chi connectivity index (χ1n) is 20.6. The van der Waals surface area contributed by atoms with E-state index in [2.05, 4.69) is 51.2 Å².